The van der Waals surface area contributed by atoms with Crippen molar-refractivity contribution in [3.8, 4) is 0 Å². The van der Waals surface area contributed by atoms with Crippen molar-refractivity contribution in [3.05, 3.63) is 59.2 Å². The third kappa shape index (κ3) is 5.12. The summed E-state index contributed by atoms with van der Waals surface area (Å²) in [6.45, 7) is 7.72. The molecule has 3 amide bonds. The van der Waals surface area contributed by atoms with Gasteiger partial charge < -0.3 is 16.0 Å². The van der Waals surface area contributed by atoms with Crippen LogP contribution < -0.4 is 16.0 Å². The van der Waals surface area contributed by atoms with Crippen LogP contribution >= 0.6 is 0 Å². The lowest BCUT2D eigenvalue weighted by molar-refractivity contribution is 0.102. The topological polar surface area (TPSA) is 70.2 Å². The molecule has 0 atom stereocenters. The van der Waals surface area contributed by atoms with Crippen molar-refractivity contribution in [3.63, 3.8) is 0 Å². The number of carbonyl (C=O) groups excluding carboxylic acids is 2. The third-order valence-electron chi connectivity index (χ3n) is 3.30. The van der Waals surface area contributed by atoms with E-state index in [1.165, 1.54) is 0 Å². The molecule has 0 aliphatic carbocycles. The van der Waals surface area contributed by atoms with Crippen LogP contribution in [0.4, 0.5) is 16.2 Å². The number of amides is 3. The molecule has 0 saturated heterocycles. The fourth-order valence-corrected chi connectivity index (χ4v) is 2.38. The Bertz CT molecular complexity index is 717. The quantitative estimate of drug-likeness (QED) is 0.792. The zero-order valence-corrected chi connectivity index (χ0v) is 14.4. The first-order valence-corrected chi connectivity index (χ1v) is 7.91. The molecule has 5 nitrogen and oxygen atoms in total. The molecule has 0 aliphatic heterocycles. The van der Waals surface area contributed by atoms with Crippen molar-refractivity contribution in [1.29, 1.82) is 0 Å². The number of rotatable bonds is 4. The Labute approximate surface area is 142 Å². The van der Waals surface area contributed by atoms with Crippen molar-refractivity contribution >= 4 is 23.3 Å². The third-order valence-corrected chi connectivity index (χ3v) is 3.30. The maximum atomic E-state index is 12.3. The minimum atomic E-state index is -0.253. The average molecular weight is 325 g/mol. The predicted molar refractivity (Wildman–Crippen MR) is 97.6 cm³/mol. The number of hydrogen-bond acceptors (Lipinski definition) is 2. The Kier molecular flexibility index (Phi) is 5.58. The zero-order valence-electron chi connectivity index (χ0n) is 14.4. The lowest BCUT2D eigenvalue weighted by Crippen LogP contribution is -2.34. The summed E-state index contributed by atoms with van der Waals surface area (Å²) in [5, 5.41) is 8.35. The summed E-state index contributed by atoms with van der Waals surface area (Å²) >= 11 is 0. The van der Waals surface area contributed by atoms with E-state index in [1.54, 1.807) is 24.3 Å². The summed E-state index contributed by atoms with van der Waals surface area (Å²) in [6.07, 6.45) is 0. The maximum Gasteiger partial charge on any atom is 0.319 e. The monoisotopic (exact) mass is 325 g/mol. The molecule has 0 spiro atoms. The van der Waals surface area contributed by atoms with Gasteiger partial charge in [0.05, 0.1) is 0 Å². The van der Waals surface area contributed by atoms with E-state index in [2.05, 4.69) is 16.0 Å². The molecule has 2 rings (SSSR count). The first-order valence-electron chi connectivity index (χ1n) is 7.91. The van der Waals surface area contributed by atoms with Crippen LogP contribution in [0, 0.1) is 13.8 Å². The van der Waals surface area contributed by atoms with Gasteiger partial charge in [0.25, 0.3) is 5.91 Å². The molecule has 0 heterocycles. The van der Waals surface area contributed by atoms with Gasteiger partial charge in [0.15, 0.2) is 0 Å². The number of urea groups is 1. The highest BCUT2D eigenvalue weighted by Crippen LogP contribution is 2.16. The van der Waals surface area contributed by atoms with E-state index in [0.29, 0.717) is 16.9 Å². The number of hydrogen-bond donors (Lipinski definition) is 3. The number of carbonyl (C=O) groups is 2. The van der Waals surface area contributed by atoms with Gasteiger partial charge in [0.2, 0.25) is 0 Å². The molecule has 0 fully saturated rings. The second-order valence-corrected chi connectivity index (χ2v) is 6.16. The summed E-state index contributed by atoms with van der Waals surface area (Å²) in [5.74, 6) is -0.153. The van der Waals surface area contributed by atoms with Gasteiger partial charge in [-0.1, -0.05) is 17.2 Å². The first kappa shape index (κ1) is 17.5. The van der Waals surface area contributed by atoms with Gasteiger partial charge >= 0.3 is 6.03 Å². The van der Waals surface area contributed by atoms with E-state index in [1.807, 2.05) is 45.9 Å². The summed E-state index contributed by atoms with van der Waals surface area (Å²) < 4.78 is 0. The molecule has 0 aliphatic rings. The van der Waals surface area contributed by atoms with E-state index >= 15 is 0 Å². The Balaban J connectivity index is 2.00. The SMILES string of the molecule is Cc1cc(C)cc(C(=O)Nc2ccc(NC(=O)NC(C)C)cc2)c1. The van der Waals surface area contributed by atoms with E-state index in [9.17, 15) is 9.59 Å². The number of aryl methyl sites for hydroxylation is 2. The fraction of sp³-hybridized carbons (Fsp3) is 0.263. The van der Waals surface area contributed by atoms with Crippen molar-refractivity contribution in [2.24, 2.45) is 0 Å². The molecule has 24 heavy (non-hydrogen) atoms. The smallest absolute Gasteiger partial charge is 0.319 e. The molecule has 5 heteroatoms. The van der Waals surface area contributed by atoms with Gasteiger partial charge in [0.1, 0.15) is 0 Å². The Morgan fingerprint density at radius 2 is 1.33 bits per heavy atom. The highest BCUT2D eigenvalue weighted by molar-refractivity contribution is 6.04. The highest BCUT2D eigenvalue weighted by atomic mass is 16.2. The van der Waals surface area contributed by atoms with Crippen LogP contribution in [-0.4, -0.2) is 18.0 Å². The standard InChI is InChI=1S/C19H23N3O2/c1-12(2)20-19(24)22-17-7-5-16(6-8-17)21-18(23)15-10-13(3)9-14(4)11-15/h5-12H,1-4H3,(H,21,23)(H2,20,22,24). The summed E-state index contributed by atoms with van der Waals surface area (Å²) in [5.41, 5.74) is 4.07. The van der Waals surface area contributed by atoms with Gasteiger partial charge in [-0.3, -0.25) is 4.79 Å². The second kappa shape index (κ2) is 7.64. The van der Waals surface area contributed by atoms with Crippen LogP contribution in [0.1, 0.15) is 35.3 Å². The van der Waals surface area contributed by atoms with Gasteiger partial charge in [-0.15, -0.1) is 0 Å². The molecular formula is C19H23N3O2. The molecule has 0 saturated carbocycles. The molecule has 0 aromatic heterocycles. The van der Waals surface area contributed by atoms with E-state index in [-0.39, 0.29) is 18.0 Å². The second-order valence-electron chi connectivity index (χ2n) is 6.16. The van der Waals surface area contributed by atoms with Crippen LogP contribution in [0.2, 0.25) is 0 Å². The van der Waals surface area contributed by atoms with Crippen molar-refractivity contribution in [1.82, 2.24) is 5.32 Å². The molecular weight excluding hydrogens is 302 g/mol. The Morgan fingerprint density at radius 3 is 1.83 bits per heavy atom. The maximum absolute atomic E-state index is 12.3. The zero-order chi connectivity index (χ0) is 17.7. The Morgan fingerprint density at radius 1 is 0.833 bits per heavy atom. The van der Waals surface area contributed by atoms with Crippen LogP contribution in [0.25, 0.3) is 0 Å². The molecule has 126 valence electrons. The van der Waals surface area contributed by atoms with Gasteiger partial charge in [0, 0.05) is 23.0 Å². The lowest BCUT2D eigenvalue weighted by Gasteiger charge is -2.11. The lowest BCUT2D eigenvalue weighted by atomic mass is 10.1. The minimum absolute atomic E-state index is 0.0707. The van der Waals surface area contributed by atoms with Gasteiger partial charge in [-0.2, -0.15) is 0 Å². The van der Waals surface area contributed by atoms with Crippen molar-refractivity contribution in [2.45, 2.75) is 33.7 Å². The van der Waals surface area contributed by atoms with Crippen LogP contribution in [0.5, 0.6) is 0 Å². The van der Waals surface area contributed by atoms with E-state index < -0.39 is 0 Å². The largest absolute Gasteiger partial charge is 0.336 e. The predicted octanol–water partition coefficient (Wildman–Crippen LogP) is 4.09. The summed E-state index contributed by atoms with van der Waals surface area (Å²) in [6, 6.07) is 12.6. The molecule has 2 aromatic rings. The number of anilines is 2. The Hall–Kier alpha value is -2.82. The van der Waals surface area contributed by atoms with Gasteiger partial charge in [-0.25, -0.2) is 4.79 Å². The minimum Gasteiger partial charge on any atom is -0.336 e. The molecule has 3 N–H and O–H groups in total. The normalized spacial score (nSPS) is 10.4. The average Bonchev–Trinajstić information content (AvgIpc) is 2.47. The number of benzene rings is 2. The van der Waals surface area contributed by atoms with E-state index in [4.69, 9.17) is 0 Å². The van der Waals surface area contributed by atoms with Crippen LogP contribution in [-0.2, 0) is 0 Å². The molecule has 0 unspecified atom stereocenters. The number of nitrogens with one attached hydrogen (secondary N) is 3. The van der Waals surface area contributed by atoms with Crippen molar-refractivity contribution < 1.29 is 9.59 Å². The highest BCUT2D eigenvalue weighted by Gasteiger charge is 2.08. The van der Waals surface area contributed by atoms with E-state index in [0.717, 1.165) is 11.1 Å². The van der Waals surface area contributed by atoms with Crippen molar-refractivity contribution in [2.75, 3.05) is 10.6 Å². The molecule has 0 bridgehead atoms. The summed E-state index contributed by atoms with van der Waals surface area (Å²) in [7, 11) is 0. The molecule has 2 aromatic carbocycles. The molecule has 0 radical (unpaired) electrons. The first-order chi connectivity index (χ1) is 11.3. The van der Waals surface area contributed by atoms with Gasteiger partial charge in [-0.05, 0) is 64.1 Å². The summed E-state index contributed by atoms with van der Waals surface area (Å²) in [4.78, 5) is 24.0. The van der Waals surface area contributed by atoms with Crippen LogP contribution in [0.15, 0.2) is 42.5 Å². The fourth-order valence-electron chi connectivity index (χ4n) is 2.38. The van der Waals surface area contributed by atoms with Crippen LogP contribution in [0.3, 0.4) is 0 Å².